The number of amides is 1. The van der Waals surface area contributed by atoms with E-state index in [-0.39, 0.29) is 16.1 Å². The second kappa shape index (κ2) is 5.95. The van der Waals surface area contributed by atoms with E-state index < -0.39 is 5.60 Å². The third-order valence-corrected chi connectivity index (χ3v) is 5.70. The lowest BCUT2D eigenvalue weighted by Gasteiger charge is -2.40. The fourth-order valence-electron chi connectivity index (χ4n) is 4.64. The normalized spacial score (nSPS) is 29.0. The van der Waals surface area contributed by atoms with Crippen LogP contribution in [0.2, 0.25) is 0 Å². The Kier molecular flexibility index (Phi) is 4.37. The van der Waals surface area contributed by atoms with E-state index in [0.29, 0.717) is 6.54 Å². The molecule has 2 heterocycles. The van der Waals surface area contributed by atoms with Crippen LogP contribution in [0.25, 0.3) is 0 Å². The fraction of sp³-hybridized carbons (Fsp3) is 0.789. The van der Waals surface area contributed by atoms with Crippen LogP contribution >= 0.6 is 0 Å². The van der Waals surface area contributed by atoms with Gasteiger partial charge in [-0.2, -0.15) is 4.79 Å². The second-order valence-electron chi connectivity index (χ2n) is 8.32. The van der Waals surface area contributed by atoms with Gasteiger partial charge in [-0.1, -0.05) is 16.6 Å². The van der Waals surface area contributed by atoms with Crippen LogP contribution in [0.15, 0.2) is 16.4 Å². The molecule has 1 amide bonds. The summed E-state index contributed by atoms with van der Waals surface area (Å²) in [6.45, 7) is 12.7. The molecule has 1 spiro atoms. The molecule has 1 fully saturated rings. The van der Waals surface area contributed by atoms with Gasteiger partial charge >= 0.3 is 6.09 Å². The van der Waals surface area contributed by atoms with Gasteiger partial charge in [0, 0.05) is 5.57 Å². The minimum absolute atomic E-state index is 0.0514. The van der Waals surface area contributed by atoms with Crippen molar-refractivity contribution in [3.05, 3.63) is 11.3 Å². The first-order chi connectivity index (χ1) is 11.3. The van der Waals surface area contributed by atoms with Crippen molar-refractivity contribution >= 4 is 11.8 Å². The van der Waals surface area contributed by atoms with Crippen molar-refractivity contribution in [1.82, 2.24) is 5.32 Å². The molecule has 0 bridgehead atoms. The van der Waals surface area contributed by atoms with Crippen LogP contribution in [0.5, 0.6) is 0 Å². The van der Waals surface area contributed by atoms with Crippen molar-refractivity contribution in [2.75, 3.05) is 19.6 Å². The molecule has 3 aliphatic rings. The molecule has 1 saturated heterocycles. The molecule has 0 saturated carbocycles. The van der Waals surface area contributed by atoms with Gasteiger partial charge in [0.2, 0.25) is 0 Å². The van der Waals surface area contributed by atoms with E-state index in [9.17, 15) is 4.79 Å². The number of hydrogen-bond acceptors (Lipinski definition) is 4. The first-order valence-electron chi connectivity index (χ1n) is 9.44. The van der Waals surface area contributed by atoms with Gasteiger partial charge in [-0.3, -0.25) is 0 Å². The highest BCUT2D eigenvalue weighted by atomic mass is 16.6. The molecule has 3 rings (SSSR count). The quantitative estimate of drug-likeness (QED) is 0.778. The lowest BCUT2D eigenvalue weighted by atomic mass is 9.75. The minimum atomic E-state index is -0.497. The molecular formula is C19H32N3O2+. The van der Waals surface area contributed by atoms with Crippen molar-refractivity contribution < 1.29 is 14.1 Å². The molecule has 5 nitrogen and oxygen atoms in total. The van der Waals surface area contributed by atoms with Crippen LogP contribution in [0.4, 0.5) is 4.79 Å². The first kappa shape index (κ1) is 17.6. The first-order valence-corrected chi connectivity index (χ1v) is 9.44. The molecule has 0 radical (unpaired) electrons. The van der Waals surface area contributed by atoms with Crippen LogP contribution in [-0.2, 0) is 4.74 Å². The van der Waals surface area contributed by atoms with E-state index in [1.54, 1.807) is 0 Å². The Balaban J connectivity index is 2.07. The monoisotopic (exact) mass is 334 g/mol. The van der Waals surface area contributed by atoms with Crippen molar-refractivity contribution in [3.8, 4) is 0 Å². The van der Waals surface area contributed by atoms with Crippen molar-refractivity contribution in [3.63, 3.8) is 0 Å². The maximum atomic E-state index is 13.2. The summed E-state index contributed by atoms with van der Waals surface area (Å²) in [5.74, 6) is 0. The maximum Gasteiger partial charge on any atom is 0.548 e. The standard InChI is InChI=1S/C19H32N3O2/c1-6-15-14-8-9-19(10-12-20-13-11-19)16(14)22(7-2,21-15)17(23)24-18(3,4)5/h20H,6-13H2,1-5H3/q+1. The zero-order chi connectivity index (χ0) is 17.6. The SMILES string of the molecule is CCC1=N[N+](CC)(C(=O)OC(C)(C)C)C2=C1CCC21CCNCC1. The van der Waals surface area contributed by atoms with Gasteiger partial charge in [-0.25, -0.2) is 0 Å². The van der Waals surface area contributed by atoms with Gasteiger partial charge in [-0.15, -0.1) is 0 Å². The van der Waals surface area contributed by atoms with Crippen molar-refractivity contribution in [2.45, 2.75) is 72.3 Å². The van der Waals surface area contributed by atoms with Gasteiger partial charge in [-0.05, 0) is 72.9 Å². The largest absolute Gasteiger partial charge is 0.548 e. The summed E-state index contributed by atoms with van der Waals surface area (Å²) in [6, 6.07) is 0. The molecule has 134 valence electrons. The zero-order valence-corrected chi connectivity index (χ0v) is 15.9. The summed E-state index contributed by atoms with van der Waals surface area (Å²) in [6.07, 6.45) is 5.09. The lowest BCUT2D eigenvalue weighted by Crippen LogP contribution is -2.53. The number of nitrogens with zero attached hydrogens (tertiary/aromatic N) is 2. The number of carbonyl (C=O) groups excluding carboxylic acids is 1. The zero-order valence-electron chi connectivity index (χ0n) is 15.9. The molecule has 1 aliphatic carbocycles. The molecule has 1 N–H and O–H groups in total. The van der Waals surface area contributed by atoms with Crippen LogP contribution in [0.3, 0.4) is 0 Å². The molecule has 5 heteroatoms. The van der Waals surface area contributed by atoms with E-state index in [4.69, 9.17) is 9.84 Å². The van der Waals surface area contributed by atoms with E-state index in [1.807, 2.05) is 20.8 Å². The predicted octanol–water partition coefficient (Wildman–Crippen LogP) is 3.96. The molecule has 0 aromatic carbocycles. The summed E-state index contributed by atoms with van der Waals surface area (Å²) < 4.78 is 5.88. The second-order valence-corrected chi connectivity index (χ2v) is 8.32. The molecule has 1 unspecified atom stereocenters. The molecule has 0 aromatic rings. The Bertz CT molecular complexity index is 594. The number of ether oxygens (including phenoxy) is 1. The number of quaternary nitrogens is 1. The third-order valence-electron chi connectivity index (χ3n) is 5.70. The molecule has 2 aliphatic heterocycles. The van der Waals surface area contributed by atoms with Gasteiger partial charge < -0.3 is 10.1 Å². The molecular weight excluding hydrogens is 302 g/mol. The highest BCUT2D eigenvalue weighted by molar-refractivity contribution is 6.02. The number of carbonyl (C=O) groups is 1. The van der Waals surface area contributed by atoms with E-state index in [1.165, 1.54) is 11.3 Å². The average Bonchev–Trinajstić information content (AvgIpc) is 3.05. The maximum absolute atomic E-state index is 13.2. The van der Waals surface area contributed by atoms with Gasteiger partial charge in [0.15, 0.2) is 5.70 Å². The highest BCUT2D eigenvalue weighted by Gasteiger charge is 2.61. The predicted molar refractivity (Wildman–Crippen MR) is 95.6 cm³/mol. The Morgan fingerprint density at radius 3 is 2.46 bits per heavy atom. The number of nitrogens with one attached hydrogen (secondary N) is 1. The van der Waals surface area contributed by atoms with Gasteiger partial charge in [0.25, 0.3) is 0 Å². The Hall–Kier alpha value is -1.20. The number of piperidine rings is 1. The topological polar surface area (TPSA) is 50.7 Å². The van der Waals surface area contributed by atoms with E-state index in [2.05, 4.69) is 19.2 Å². The van der Waals surface area contributed by atoms with E-state index >= 15 is 0 Å². The minimum Gasteiger partial charge on any atom is -0.412 e. The third kappa shape index (κ3) is 2.62. The number of fused-ring (bicyclic) bond motifs is 1. The summed E-state index contributed by atoms with van der Waals surface area (Å²) in [5.41, 5.74) is 3.36. The molecule has 1 atom stereocenters. The Morgan fingerprint density at radius 2 is 1.92 bits per heavy atom. The summed E-state index contributed by atoms with van der Waals surface area (Å²) in [4.78, 5) is 13.2. The number of hydrogen-bond donors (Lipinski definition) is 1. The highest BCUT2D eigenvalue weighted by Crippen LogP contribution is 2.56. The smallest absolute Gasteiger partial charge is 0.412 e. The van der Waals surface area contributed by atoms with Gasteiger partial charge in [0.1, 0.15) is 17.9 Å². The van der Waals surface area contributed by atoms with Crippen LogP contribution in [0.1, 0.15) is 66.7 Å². The Morgan fingerprint density at radius 1 is 1.25 bits per heavy atom. The van der Waals surface area contributed by atoms with Crippen molar-refractivity contribution in [2.24, 2.45) is 10.5 Å². The van der Waals surface area contributed by atoms with Crippen LogP contribution < -0.4 is 5.32 Å². The summed E-state index contributed by atoms with van der Waals surface area (Å²) in [5, 5.41) is 8.43. The van der Waals surface area contributed by atoms with Crippen LogP contribution in [-0.4, -0.2) is 41.6 Å². The summed E-state index contributed by atoms with van der Waals surface area (Å²) >= 11 is 0. The average molecular weight is 334 g/mol. The fourth-order valence-corrected chi connectivity index (χ4v) is 4.64. The van der Waals surface area contributed by atoms with Gasteiger partial charge in [0.05, 0.1) is 5.41 Å². The van der Waals surface area contributed by atoms with Crippen LogP contribution in [0, 0.1) is 5.41 Å². The van der Waals surface area contributed by atoms with Crippen molar-refractivity contribution in [1.29, 1.82) is 0 Å². The lowest BCUT2D eigenvalue weighted by molar-refractivity contribution is -0.829. The molecule has 0 aromatic heterocycles. The number of rotatable bonds is 2. The Labute approximate surface area is 145 Å². The number of allylic oxidation sites excluding steroid dienone is 2. The summed E-state index contributed by atoms with van der Waals surface area (Å²) in [7, 11) is 0. The van der Waals surface area contributed by atoms with E-state index in [0.717, 1.165) is 50.9 Å². The molecule has 24 heavy (non-hydrogen) atoms.